The Hall–Kier alpha value is -1.30. The van der Waals surface area contributed by atoms with Crippen molar-refractivity contribution >= 4 is 34.3 Å². The molecule has 2 fully saturated rings. The summed E-state index contributed by atoms with van der Waals surface area (Å²) < 4.78 is 0.600. The Morgan fingerprint density at radius 2 is 2.09 bits per heavy atom. The minimum Gasteiger partial charge on any atom is -0.380 e. The van der Waals surface area contributed by atoms with Crippen molar-refractivity contribution in [1.82, 2.24) is 9.88 Å². The van der Waals surface area contributed by atoms with E-state index >= 15 is 0 Å². The summed E-state index contributed by atoms with van der Waals surface area (Å²) in [5, 5.41) is 3.43. The molecule has 2 aliphatic rings. The topological polar surface area (TPSA) is 31.4 Å². The van der Waals surface area contributed by atoms with Gasteiger partial charge in [0.2, 0.25) is 0 Å². The number of rotatable bonds is 4. The minimum atomic E-state index is 0.600. The number of nitrogens with one attached hydrogen (secondary N) is 1. The molecule has 1 unspecified atom stereocenters. The first-order valence-electron chi connectivity index (χ1n) is 8.21. The first-order chi connectivity index (χ1) is 11.3. The predicted molar refractivity (Wildman–Crippen MR) is 97.7 cm³/mol. The summed E-state index contributed by atoms with van der Waals surface area (Å²) in [4.78, 5) is 10.4. The number of hydrogen-bond acceptors (Lipinski definition) is 5. The van der Waals surface area contributed by atoms with Crippen molar-refractivity contribution < 1.29 is 0 Å². The van der Waals surface area contributed by atoms with Gasteiger partial charge in [0, 0.05) is 48.1 Å². The Morgan fingerprint density at radius 1 is 1.22 bits per heavy atom. The van der Waals surface area contributed by atoms with Crippen LogP contribution in [0, 0.1) is 0 Å². The maximum absolute atomic E-state index is 5.86. The zero-order valence-electron chi connectivity index (χ0n) is 13.0. The van der Waals surface area contributed by atoms with Gasteiger partial charge in [0.15, 0.2) is 4.47 Å². The Balaban J connectivity index is 1.36. The molecule has 0 saturated carbocycles. The summed E-state index contributed by atoms with van der Waals surface area (Å²) in [6.45, 7) is 5.58. The summed E-state index contributed by atoms with van der Waals surface area (Å²) in [5.74, 6) is 0. The van der Waals surface area contributed by atoms with Gasteiger partial charge in [-0.25, -0.2) is 4.98 Å². The zero-order chi connectivity index (χ0) is 15.6. The summed E-state index contributed by atoms with van der Waals surface area (Å²) in [7, 11) is 0. The predicted octanol–water partition coefficient (Wildman–Crippen LogP) is 3.69. The normalized spacial score (nSPS) is 21.4. The molecule has 0 bridgehead atoms. The standard InChI is InChI=1S/C17H21ClN4S/c18-17-20-11-16(23-17)10-19-13-3-5-14(6-4-13)22-9-8-21-7-1-2-15(21)12-22/h3-6,11,15,19H,1-2,7-10,12H2. The third-order valence-electron chi connectivity index (χ3n) is 4.81. The Labute approximate surface area is 146 Å². The Kier molecular flexibility index (Phi) is 4.42. The number of hydrogen-bond donors (Lipinski definition) is 1. The lowest BCUT2D eigenvalue weighted by molar-refractivity contribution is 0.231. The van der Waals surface area contributed by atoms with Crippen LogP contribution in [0.15, 0.2) is 30.5 Å². The van der Waals surface area contributed by atoms with Crippen LogP contribution in [0.4, 0.5) is 11.4 Å². The molecule has 6 heteroatoms. The van der Waals surface area contributed by atoms with E-state index in [4.69, 9.17) is 11.6 Å². The highest BCUT2D eigenvalue weighted by Crippen LogP contribution is 2.26. The number of fused-ring (bicyclic) bond motifs is 1. The van der Waals surface area contributed by atoms with Gasteiger partial charge in [0.05, 0.1) is 6.54 Å². The summed E-state index contributed by atoms with van der Waals surface area (Å²) in [6, 6.07) is 9.55. The van der Waals surface area contributed by atoms with E-state index in [0.717, 1.165) is 29.7 Å². The van der Waals surface area contributed by atoms with Crippen LogP contribution < -0.4 is 10.2 Å². The van der Waals surface area contributed by atoms with Crippen LogP contribution in [-0.4, -0.2) is 42.1 Å². The van der Waals surface area contributed by atoms with E-state index in [1.54, 1.807) is 0 Å². The molecule has 3 heterocycles. The smallest absolute Gasteiger partial charge is 0.183 e. The molecule has 4 nitrogen and oxygen atoms in total. The molecule has 122 valence electrons. The van der Waals surface area contributed by atoms with Gasteiger partial charge in [-0.05, 0) is 43.7 Å². The lowest BCUT2D eigenvalue weighted by Gasteiger charge is -2.38. The lowest BCUT2D eigenvalue weighted by atomic mass is 10.1. The van der Waals surface area contributed by atoms with Crippen LogP contribution in [-0.2, 0) is 6.54 Å². The van der Waals surface area contributed by atoms with Crippen molar-refractivity contribution in [3.8, 4) is 0 Å². The molecule has 2 aromatic rings. The molecule has 1 aromatic carbocycles. The SMILES string of the molecule is Clc1ncc(CNc2ccc(N3CCN4CCCC4C3)cc2)s1. The van der Waals surface area contributed by atoms with Crippen LogP contribution in [0.3, 0.4) is 0 Å². The molecule has 0 spiro atoms. The average molecular weight is 349 g/mol. The molecule has 2 aliphatic heterocycles. The minimum absolute atomic E-state index is 0.600. The molecule has 1 N–H and O–H groups in total. The highest BCUT2D eigenvalue weighted by molar-refractivity contribution is 7.15. The monoisotopic (exact) mass is 348 g/mol. The zero-order valence-corrected chi connectivity index (χ0v) is 14.6. The molecule has 1 aromatic heterocycles. The quantitative estimate of drug-likeness (QED) is 0.913. The maximum Gasteiger partial charge on any atom is 0.183 e. The van der Waals surface area contributed by atoms with E-state index < -0.39 is 0 Å². The molecule has 0 aliphatic carbocycles. The van der Waals surface area contributed by atoms with Crippen molar-refractivity contribution in [1.29, 1.82) is 0 Å². The first-order valence-corrected chi connectivity index (χ1v) is 9.40. The fourth-order valence-electron chi connectivity index (χ4n) is 3.57. The van der Waals surface area contributed by atoms with Crippen LogP contribution >= 0.6 is 22.9 Å². The molecule has 0 amide bonds. The van der Waals surface area contributed by atoms with Crippen LogP contribution in [0.1, 0.15) is 17.7 Å². The number of thiazole rings is 1. The molecule has 2 saturated heterocycles. The lowest BCUT2D eigenvalue weighted by Crippen LogP contribution is -2.50. The van der Waals surface area contributed by atoms with E-state index in [1.807, 2.05) is 6.20 Å². The van der Waals surface area contributed by atoms with Gasteiger partial charge in [0.25, 0.3) is 0 Å². The second kappa shape index (κ2) is 6.67. The van der Waals surface area contributed by atoms with Gasteiger partial charge in [-0.1, -0.05) is 11.6 Å². The molecule has 4 rings (SSSR count). The van der Waals surface area contributed by atoms with E-state index in [2.05, 4.69) is 44.4 Å². The number of anilines is 2. The fraction of sp³-hybridized carbons (Fsp3) is 0.471. The maximum atomic E-state index is 5.86. The van der Waals surface area contributed by atoms with Gasteiger partial charge in [-0.3, -0.25) is 4.90 Å². The largest absolute Gasteiger partial charge is 0.380 e. The third-order valence-corrected chi connectivity index (χ3v) is 5.93. The Bertz CT molecular complexity index is 657. The van der Waals surface area contributed by atoms with Crippen molar-refractivity contribution in [2.45, 2.75) is 25.4 Å². The number of halogens is 1. The number of aromatic nitrogens is 1. The van der Waals surface area contributed by atoms with E-state index in [9.17, 15) is 0 Å². The fourth-order valence-corrected chi connectivity index (χ4v) is 4.49. The van der Waals surface area contributed by atoms with Gasteiger partial charge in [-0.15, -0.1) is 11.3 Å². The second-order valence-electron chi connectivity index (χ2n) is 6.26. The summed E-state index contributed by atoms with van der Waals surface area (Å²) in [5.41, 5.74) is 2.47. The molecule has 1 atom stereocenters. The molecule has 23 heavy (non-hydrogen) atoms. The third kappa shape index (κ3) is 3.47. The Morgan fingerprint density at radius 3 is 2.87 bits per heavy atom. The molecular weight excluding hydrogens is 328 g/mol. The average Bonchev–Trinajstić information content (AvgIpc) is 3.21. The second-order valence-corrected chi connectivity index (χ2v) is 7.96. The number of piperazine rings is 1. The molecular formula is C17H21ClN4S. The van der Waals surface area contributed by atoms with Gasteiger partial charge in [0.1, 0.15) is 0 Å². The van der Waals surface area contributed by atoms with Crippen molar-refractivity contribution in [3.63, 3.8) is 0 Å². The van der Waals surface area contributed by atoms with Gasteiger partial charge < -0.3 is 10.2 Å². The molecule has 0 radical (unpaired) electrons. The van der Waals surface area contributed by atoms with Gasteiger partial charge >= 0.3 is 0 Å². The first kappa shape index (κ1) is 15.2. The van der Waals surface area contributed by atoms with Gasteiger partial charge in [-0.2, -0.15) is 0 Å². The van der Waals surface area contributed by atoms with E-state index in [0.29, 0.717) is 4.47 Å². The van der Waals surface area contributed by atoms with E-state index in [1.165, 1.54) is 49.5 Å². The summed E-state index contributed by atoms with van der Waals surface area (Å²) >= 11 is 7.38. The van der Waals surface area contributed by atoms with Crippen LogP contribution in [0.5, 0.6) is 0 Å². The summed E-state index contributed by atoms with van der Waals surface area (Å²) in [6.07, 6.45) is 4.55. The van der Waals surface area contributed by atoms with Crippen molar-refractivity contribution in [2.75, 3.05) is 36.4 Å². The highest BCUT2D eigenvalue weighted by atomic mass is 35.5. The van der Waals surface area contributed by atoms with Crippen molar-refractivity contribution in [3.05, 3.63) is 39.8 Å². The highest BCUT2D eigenvalue weighted by Gasteiger charge is 2.30. The number of nitrogens with zero attached hydrogens (tertiary/aromatic N) is 3. The number of benzene rings is 1. The van der Waals surface area contributed by atoms with E-state index in [-0.39, 0.29) is 0 Å². The van der Waals surface area contributed by atoms with Crippen molar-refractivity contribution in [2.24, 2.45) is 0 Å². The van der Waals surface area contributed by atoms with Crippen LogP contribution in [0.25, 0.3) is 0 Å². The van der Waals surface area contributed by atoms with Crippen LogP contribution in [0.2, 0.25) is 4.47 Å².